The van der Waals surface area contributed by atoms with E-state index in [1.165, 1.54) is 0 Å². The van der Waals surface area contributed by atoms with E-state index >= 15 is 0 Å². The molecule has 13 heavy (non-hydrogen) atoms. The Morgan fingerprint density at radius 1 is 0.231 bits per heavy atom. The van der Waals surface area contributed by atoms with Gasteiger partial charge in [-0.3, -0.25) is 0 Å². The van der Waals surface area contributed by atoms with Crippen LogP contribution in [0.5, 0.6) is 0 Å². The molecule has 0 aromatic heterocycles. The van der Waals surface area contributed by atoms with E-state index in [-0.39, 0.29) is 143 Å². The number of hydrogen-bond donors (Lipinski definition) is 0. The van der Waals surface area contributed by atoms with Crippen molar-refractivity contribution in [2.75, 3.05) is 0 Å². The molecule has 0 aliphatic carbocycles. The second-order valence-electron chi connectivity index (χ2n) is 0. The Morgan fingerprint density at radius 2 is 0.231 bits per heavy atom. The maximum absolute atomic E-state index is 0. The molecular weight excluding hydrogens is 391 g/mol. The van der Waals surface area contributed by atoms with Crippen LogP contribution in [-0.2, 0) is 83.9 Å². The van der Waals surface area contributed by atoms with Crippen molar-refractivity contribution in [3.05, 3.63) is 59.4 Å². The average Bonchev–Trinajstić information content (AvgIpc) is 0. The van der Waals surface area contributed by atoms with Gasteiger partial charge < -0.3 is 59.4 Å². The molecule has 0 aliphatic heterocycles. The molecule has 0 bridgehead atoms. The van der Waals surface area contributed by atoms with E-state index in [0.29, 0.717) is 0 Å². The van der Waals surface area contributed by atoms with E-state index in [1.54, 1.807) is 0 Å². The van der Waals surface area contributed by atoms with E-state index in [4.69, 9.17) is 0 Å². The topological polar surface area (TPSA) is 0 Å². The van der Waals surface area contributed by atoms with Crippen molar-refractivity contribution >= 4 is 0 Å². The summed E-state index contributed by atoms with van der Waals surface area (Å²) >= 11 is 0. The van der Waals surface area contributed by atoms with Crippen LogP contribution < -0.4 is 0 Å². The minimum Gasteiger partial charge on any atom is -0.358 e. The molecule has 0 amide bonds. The smallest absolute Gasteiger partial charge is 0.358 e. The van der Waals surface area contributed by atoms with Crippen LogP contribution in [0.3, 0.4) is 0 Å². The Balaban J connectivity index is 0. The summed E-state index contributed by atoms with van der Waals surface area (Å²) in [6, 6.07) is 0. The third-order valence-corrected chi connectivity index (χ3v) is 0. The van der Waals surface area contributed by atoms with Crippen molar-refractivity contribution < 1.29 is 83.9 Å². The molecule has 0 nitrogen and oxygen atoms in total. The van der Waals surface area contributed by atoms with Crippen molar-refractivity contribution in [3.8, 4) is 0 Å². The van der Waals surface area contributed by atoms with E-state index in [9.17, 15) is 0 Å². The molecule has 0 heterocycles. The van der Waals surface area contributed by atoms with Crippen LogP contribution in [0.1, 0.15) is 0 Å². The molecule has 0 saturated carbocycles. The van der Waals surface area contributed by atoms with Gasteiger partial charge in [-0.2, -0.15) is 0 Å². The zero-order chi connectivity index (χ0) is 0. The van der Waals surface area contributed by atoms with Crippen LogP contribution in [0.25, 0.3) is 0 Å². The van der Waals surface area contributed by atoms with Crippen LogP contribution >= 0.6 is 0 Å². The summed E-state index contributed by atoms with van der Waals surface area (Å²) in [5.41, 5.74) is 0. The Bertz CT molecular complexity index is 12.5. The van der Waals surface area contributed by atoms with Gasteiger partial charge in [0.15, 0.2) is 0 Å². The van der Waals surface area contributed by atoms with Gasteiger partial charge in [-0.05, 0) is 0 Å². The fraction of sp³-hybridized carbons (Fsp3) is 0. The first-order valence-corrected chi connectivity index (χ1v) is 0. The van der Waals surface area contributed by atoms with E-state index in [0.717, 1.165) is 0 Å². The minimum absolute atomic E-state index is 0. The largest absolute Gasteiger partial charge is 2.00 e. The van der Waals surface area contributed by atoms with Gasteiger partial charge >= 0.3 is 67.1 Å². The normalized spacial score (nSPS) is 0. The van der Waals surface area contributed by atoms with Crippen molar-refractivity contribution in [1.29, 1.82) is 0 Å². The van der Waals surface area contributed by atoms with Crippen LogP contribution in [0.15, 0.2) is 0 Å². The monoisotopic (exact) mass is 415 g/mol. The minimum atomic E-state index is 0. The number of rotatable bonds is 0. The molecule has 0 aliphatic rings. The third-order valence-electron chi connectivity index (χ3n) is 0. The van der Waals surface area contributed by atoms with Crippen LogP contribution in [0.2, 0.25) is 0 Å². The van der Waals surface area contributed by atoms with Gasteiger partial charge in [0.05, 0.1) is 0 Å². The van der Waals surface area contributed by atoms with E-state index in [1.807, 2.05) is 0 Å². The molecule has 0 aromatic rings. The fourth-order valence-corrected chi connectivity index (χ4v) is 0. The molecular formula is C8H24Co5. The predicted molar refractivity (Wildman–Crippen MR) is 51.3 cm³/mol. The Morgan fingerprint density at radius 3 is 0.231 bits per heavy atom. The summed E-state index contributed by atoms with van der Waals surface area (Å²) in [4.78, 5) is 0. The maximum Gasteiger partial charge on any atom is 2.00 e. The quantitative estimate of drug-likeness (QED) is 0.531. The Hall–Kier alpha value is 2.53. The first kappa shape index (κ1) is 511. The van der Waals surface area contributed by atoms with Gasteiger partial charge in [0.2, 0.25) is 0 Å². The average molecular weight is 415 g/mol. The third kappa shape index (κ3) is 356. The second kappa shape index (κ2) is 415. The van der Waals surface area contributed by atoms with Crippen LogP contribution in [0.4, 0.5) is 0 Å². The molecule has 0 unspecified atom stereocenters. The molecule has 5 heteroatoms. The summed E-state index contributed by atoms with van der Waals surface area (Å²) in [6.07, 6.45) is 0. The molecule has 101 valence electrons. The van der Waals surface area contributed by atoms with Crippen LogP contribution in [-0.4, -0.2) is 0 Å². The van der Waals surface area contributed by atoms with Gasteiger partial charge in [-0.1, -0.05) is 0 Å². The van der Waals surface area contributed by atoms with Crippen molar-refractivity contribution in [2.24, 2.45) is 0 Å². The SMILES string of the molecule is [CH3-].[CH3-].[CH3-].[CH3-].[CH3-].[CH3-].[CH3-].[CH3-].[Co+2].[Co+2].[Co+2].[Co+2].[Co]. The molecule has 0 N–H and O–H groups in total. The van der Waals surface area contributed by atoms with E-state index in [2.05, 4.69) is 0 Å². The first-order chi connectivity index (χ1) is 0. The van der Waals surface area contributed by atoms with Crippen molar-refractivity contribution in [3.63, 3.8) is 0 Å². The molecule has 0 rings (SSSR count). The Labute approximate surface area is 142 Å². The van der Waals surface area contributed by atoms with Gasteiger partial charge in [-0.25, -0.2) is 0 Å². The first-order valence-electron chi connectivity index (χ1n) is 0. The van der Waals surface area contributed by atoms with Gasteiger partial charge in [0.1, 0.15) is 0 Å². The molecule has 0 atom stereocenters. The summed E-state index contributed by atoms with van der Waals surface area (Å²) in [5, 5.41) is 0. The molecule has 0 fully saturated rings. The van der Waals surface area contributed by atoms with Crippen molar-refractivity contribution in [2.45, 2.75) is 0 Å². The standard InChI is InChI=1S/8CH3.5Co/h8*1H3;;;;;/q8*-1;;4*+2. The summed E-state index contributed by atoms with van der Waals surface area (Å²) in [5.74, 6) is 0. The van der Waals surface area contributed by atoms with E-state index < -0.39 is 0 Å². The zero-order valence-corrected chi connectivity index (χ0v) is 14.9. The van der Waals surface area contributed by atoms with Crippen LogP contribution in [0, 0.1) is 59.4 Å². The predicted octanol–water partition coefficient (Wildman–Crippen LogP) is 3.59. The fourth-order valence-electron chi connectivity index (χ4n) is 0. The second-order valence-corrected chi connectivity index (χ2v) is 0. The summed E-state index contributed by atoms with van der Waals surface area (Å²) in [6.45, 7) is 0. The van der Waals surface area contributed by atoms with Gasteiger partial charge in [0.25, 0.3) is 0 Å². The maximum atomic E-state index is 0. The van der Waals surface area contributed by atoms with Gasteiger partial charge in [-0.15, -0.1) is 0 Å². The summed E-state index contributed by atoms with van der Waals surface area (Å²) < 4.78 is 0. The summed E-state index contributed by atoms with van der Waals surface area (Å²) in [7, 11) is 0. The molecule has 5 radical (unpaired) electrons. The molecule has 0 aromatic carbocycles. The van der Waals surface area contributed by atoms with Crippen molar-refractivity contribution in [1.82, 2.24) is 0 Å². The van der Waals surface area contributed by atoms with Gasteiger partial charge in [0, 0.05) is 16.8 Å². The molecule has 0 spiro atoms. The zero-order valence-electron chi connectivity index (χ0n) is 9.67. The number of hydrogen-bond acceptors (Lipinski definition) is 0. The Kier molecular flexibility index (Phi) is 16300. The molecule has 0 saturated heterocycles.